The first-order chi connectivity index (χ1) is 7.60. The molecule has 0 bridgehead atoms. The average Bonchev–Trinajstić information content (AvgIpc) is 2.28. The monoisotopic (exact) mass is 236 g/mol. The maximum Gasteiger partial charge on any atom is 0.302 e. The van der Waals surface area contributed by atoms with Crippen LogP contribution in [0.1, 0.15) is 6.92 Å². The molecule has 16 heavy (non-hydrogen) atoms. The van der Waals surface area contributed by atoms with Gasteiger partial charge in [-0.25, -0.2) is 0 Å². The van der Waals surface area contributed by atoms with Crippen molar-refractivity contribution in [3.63, 3.8) is 0 Å². The van der Waals surface area contributed by atoms with E-state index in [1.54, 1.807) is 0 Å². The molecule has 0 aromatic carbocycles. The molecule has 0 saturated heterocycles. The summed E-state index contributed by atoms with van der Waals surface area (Å²) in [7, 11) is 4.42. The Hall–Kier alpha value is -0.690. The standard InChI is InChI=1S/C10H20O6/c1-7(12)16-6-9(14-3)10(15-4)8(5-11)13-2/h8-11H,5-6H2,1-4H3/t8-,9+,10+/m0/s1. The second-order valence-corrected chi connectivity index (χ2v) is 3.23. The van der Waals surface area contributed by atoms with Crippen molar-refractivity contribution < 1.29 is 28.8 Å². The van der Waals surface area contributed by atoms with Crippen molar-refractivity contribution in [3.05, 3.63) is 0 Å². The molecule has 0 aliphatic carbocycles. The quantitative estimate of drug-likeness (QED) is 0.577. The van der Waals surface area contributed by atoms with E-state index >= 15 is 0 Å². The Bertz CT molecular complexity index is 192. The lowest BCUT2D eigenvalue weighted by Gasteiger charge is -2.29. The Morgan fingerprint density at radius 1 is 1.12 bits per heavy atom. The first kappa shape index (κ1) is 15.3. The highest BCUT2D eigenvalue weighted by Gasteiger charge is 2.30. The molecule has 96 valence electrons. The molecule has 0 radical (unpaired) electrons. The smallest absolute Gasteiger partial charge is 0.302 e. The fourth-order valence-electron chi connectivity index (χ4n) is 1.35. The van der Waals surface area contributed by atoms with E-state index in [0.717, 1.165) is 0 Å². The van der Waals surface area contributed by atoms with E-state index in [-0.39, 0.29) is 13.2 Å². The van der Waals surface area contributed by atoms with Crippen LogP contribution < -0.4 is 0 Å². The summed E-state index contributed by atoms with van der Waals surface area (Å²) in [4.78, 5) is 10.7. The molecule has 0 aliphatic rings. The normalized spacial score (nSPS) is 16.6. The van der Waals surface area contributed by atoms with Gasteiger partial charge < -0.3 is 24.1 Å². The Morgan fingerprint density at radius 3 is 2.00 bits per heavy atom. The lowest BCUT2D eigenvalue weighted by atomic mass is 10.1. The van der Waals surface area contributed by atoms with Gasteiger partial charge in [-0.05, 0) is 0 Å². The third-order valence-electron chi connectivity index (χ3n) is 2.24. The third kappa shape index (κ3) is 4.89. The first-order valence-electron chi connectivity index (χ1n) is 4.93. The number of aliphatic hydroxyl groups is 1. The van der Waals surface area contributed by atoms with Gasteiger partial charge >= 0.3 is 5.97 Å². The summed E-state index contributed by atoms with van der Waals surface area (Å²) in [6.07, 6.45) is -1.50. The lowest BCUT2D eigenvalue weighted by molar-refractivity contribution is -0.158. The molecule has 0 aromatic rings. The van der Waals surface area contributed by atoms with Crippen LogP contribution in [0.3, 0.4) is 0 Å². The second kappa shape index (κ2) is 8.46. The van der Waals surface area contributed by atoms with Gasteiger partial charge in [-0.1, -0.05) is 0 Å². The summed E-state index contributed by atoms with van der Waals surface area (Å²) in [6, 6.07) is 0. The van der Waals surface area contributed by atoms with Gasteiger partial charge in [0.15, 0.2) is 0 Å². The van der Waals surface area contributed by atoms with Crippen LogP contribution in [0, 0.1) is 0 Å². The minimum absolute atomic E-state index is 0.0597. The SMILES string of the molecule is CO[C@H]([C@H](CO)OC)[C@@H](COC(C)=O)OC. The summed E-state index contributed by atoms with van der Waals surface area (Å²) in [5.74, 6) is -0.394. The highest BCUT2D eigenvalue weighted by atomic mass is 16.6. The van der Waals surface area contributed by atoms with Crippen molar-refractivity contribution in [2.24, 2.45) is 0 Å². The predicted molar refractivity (Wildman–Crippen MR) is 56.1 cm³/mol. The molecular formula is C10H20O6. The van der Waals surface area contributed by atoms with E-state index in [1.807, 2.05) is 0 Å². The molecule has 0 amide bonds. The van der Waals surface area contributed by atoms with Crippen molar-refractivity contribution >= 4 is 5.97 Å². The maximum atomic E-state index is 10.7. The molecule has 0 unspecified atom stereocenters. The van der Waals surface area contributed by atoms with E-state index in [2.05, 4.69) is 0 Å². The number of aliphatic hydroxyl groups excluding tert-OH is 1. The highest BCUT2D eigenvalue weighted by molar-refractivity contribution is 5.65. The van der Waals surface area contributed by atoms with Crippen LogP contribution in [0.4, 0.5) is 0 Å². The Morgan fingerprint density at radius 2 is 1.69 bits per heavy atom. The van der Waals surface area contributed by atoms with E-state index in [0.29, 0.717) is 0 Å². The first-order valence-corrected chi connectivity index (χ1v) is 4.93. The average molecular weight is 236 g/mol. The molecule has 0 fully saturated rings. The number of carbonyl (C=O) groups excluding carboxylic acids is 1. The largest absolute Gasteiger partial charge is 0.463 e. The van der Waals surface area contributed by atoms with Crippen molar-refractivity contribution in [1.82, 2.24) is 0 Å². The summed E-state index contributed by atoms with van der Waals surface area (Å²) in [5.41, 5.74) is 0. The molecular weight excluding hydrogens is 216 g/mol. The maximum absolute atomic E-state index is 10.7. The third-order valence-corrected chi connectivity index (χ3v) is 2.24. The van der Waals surface area contributed by atoms with Crippen molar-refractivity contribution in [2.45, 2.75) is 25.2 Å². The number of methoxy groups -OCH3 is 3. The Labute approximate surface area is 95.4 Å². The number of esters is 1. The van der Waals surface area contributed by atoms with Crippen LogP contribution in [-0.4, -0.2) is 63.9 Å². The van der Waals surface area contributed by atoms with Crippen molar-refractivity contribution in [1.29, 1.82) is 0 Å². The molecule has 6 nitrogen and oxygen atoms in total. The van der Waals surface area contributed by atoms with Crippen LogP contribution in [0.5, 0.6) is 0 Å². The summed E-state index contributed by atoms with van der Waals surface area (Å²) in [6.45, 7) is 1.17. The van der Waals surface area contributed by atoms with Crippen molar-refractivity contribution in [2.75, 3.05) is 34.5 Å². The molecule has 0 heterocycles. The molecule has 0 spiro atoms. The van der Waals surface area contributed by atoms with E-state index in [9.17, 15) is 4.79 Å². The zero-order chi connectivity index (χ0) is 12.6. The summed E-state index contributed by atoms with van der Waals surface area (Å²) >= 11 is 0. The van der Waals surface area contributed by atoms with Gasteiger partial charge in [0.1, 0.15) is 24.9 Å². The topological polar surface area (TPSA) is 74.2 Å². The highest BCUT2D eigenvalue weighted by Crippen LogP contribution is 2.11. The molecule has 0 aliphatic heterocycles. The van der Waals surface area contributed by atoms with Gasteiger partial charge in [-0.2, -0.15) is 0 Å². The predicted octanol–water partition coefficient (Wildman–Crippen LogP) is -0.413. The second-order valence-electron chi connectivity index (χ2n) is 3.23. The van der Waals surface area contributed by atoms with Crippen LogP contribution in [-0.2, 0) is 23.7 Å². The van der Waals surface area contributed by atoms with Gasteiger partial charge in [-0.3, -0.25) is 4.79 Å². The van der Waals surface area contributed by atoms with Crippen LogP contribution in [0.25, 0.3) is 0 Å². The number of carbonyl (C=O) groups is 1. The minimum Gasteiger partial charge on any atom is -0.463 e. The molecule has 0 saturated carbocycles. The summed E-state index contributed by atoms with van der Waals surface area (Å²) in [5, 5.41) is 9.08. The summed E-state index contributed by atoms with van der Waals surface area (Å²) < 4.78 is 20.2. The van der Waals surface area contributed by atoms with E-state index in [1.165, 1.54) is 28.3 Å². The van der Waals surface area contributed by atoms with E-state index < -0.39 is 24.3 Å². The molecule has 1 N–H and O–H groups in total. The zero-order valence-corrected chi connectivity index (χ0v) is 10.1. The van der Waals surface area contributed by atoms with Crippen LogP contribution >= 0.6 is 0 Å². The Kier molecular flexibility index (Phi) is 8.10. The zero-order valence-electron chi connectivity index (χ0n) is 10.1. The van der Waals surface area contributed by atoms with Gasteiger partial charge in [-0.15, -0.1) is 0 Å². The fraction of sp³-hybridized carbons (Fsp3) is 0.900. The molecule has 0 aromatic heterocycles. The van der Waals surface area contributed by atoms with E-state index in [4.69, 9.17) is 24.1 Å². The lowest BCUT2D eigenvalue weighted by Crippen LogP contribution is -2.45. The van der Waals surface area contributed by atoms with Crippen LogP contribution in [0.15, 0.2) is 0 Å². The van der Waals surface area contributed by atoms with Gasteiger partial charge in [0.05, 0.1) is 6.61 Å². The fourth-order valence-corrected chi connectivity index (χ4v) is 1.35. The van der Waals surface area contributed by atoms with Crippen molar-refractivity contribution in [3.8, 4) is 0 Å². The van der Waals surface area contributed by atoms with Gasteiger partial charge in [0.2, 0.25) is 0 Å². The number of ether oxygens (including phenoxy) is 4. The number of hydrogen-bond acceptors (Lipinski definition) is 6. The Balaban J connectivity index is 4.41. The molecule has 6 heteroatoms. The van der Waals surface area contributed by atoms with Gasteiger partial charge in [0.25, 0.3) is 0 Å². The number of rotatable bonds is 8. The van der Waals surface area contributed by atoms with Crippen LogP contribution in [0.2, 0.25) is 0 Å². The van der Waals surface area contributed by atoms with Gasteiger partial charge in [0, 0.05) is 28.3 Å². The number of hydrogen-bond donors (Lipinski definition) is 1. The minimum atomic E-state index is -0.523. The molecule has 3 atom stereocenters. The molecule has 0 rings (SSSR count).